The van der Waals surface area contributed by atoms with Crippen molar-refractivity contribution >= 4 is 11.7 Å². The maximum atomic E-state index is 12.2. The SMILES string of the molecule is CC(C)(C)OC(=O)C1(O)CCCN1c1[c]nccc1. The third-order valence-corrected chi connectivity index (χ3v) is 2.96. The molecule has 0 aromatic carbocycles. The largest absolute Gasteiger partial charge is 0.456 e. The number of hydrogen-bond acceptors (Lipinski definition) is 5. The van der Waals surface area contributed by atoms with Gasteiger partial charge >= 0.3 is 5.97 Å². The molecule has 19 heavy (non-hydrogen) atoms. The lowest BCUT2D eigenvalue weighted by Crippen LogP contribution is -2.53. The fourth-order valence-electron chi connectivity index (χ4n) is 2.16. The van der Waals surface area contributed by atoms with Gasteiger partial charge in [0.25, 0.3) is 0 Å². The average molecular weight is 263 g/mol. The Balaban J connectivity index is 2.24. The number of esters is 1. The van der Waals surface area contributed by atoms with Crippen molar-refractivity contribution in [2.24, 2.45) is 0 Å². The first-order valence-electron chi connectivity index (χ1n) is 6.39. The van der Waals surface area contributed by atoms with Crippen molar-refractivity contribution in [2.45, 2.75) is 44.9 Å². The van der Waals surface area contributed by atoms with Crippen LogP contribution in [0.5, 0.6) is 0 Å². The van der Waals surface area contributed by atoms with Gasteiger partial charge in [-0.25, -0.2) is 4.79 Å². The van der Waals surface area contributed by atoms with Gasteiger partial charge in [-0.3, -0.25) is 4.98 Å². The molecule has 5 nitrogen and oxygen atoms in total. The summed E-state index contributed by atoms with van der Waals surface area (Å²) in [7, 11) is 0. The molecular weight excluding hydrogens is 244 g/mol. The summed E-state index contributed by atoms with van der Waals surface area (Å²) < 4.78 is 5.31. The molecule has 103 valence electrons. The third kappa shape index (κ3) is 2.87. The first kappa shape index (κ1) is 13.8. The summed E-state index contributed by atoms with van der Waals surface area (Å²) in [5, 5.41) is 10.6. The number of anilines is 1. The van der Waals surface area contributed by atoms with Crippen LogP contribution in [-0.2, 0) is 9.53 Å². The first-order valence-corrected chi connectivity index (χ1v) is 6.39. The van der Waals surface area contributed by atoms with Gasteiger partial charge in [0.15, 0.2) is 0 Å². The predicted octanol–water partition coefficient (Wildman–Crippen LogP) is 1.51. The van der Waals surface area contributed by atoms with Crippen LogP contribution in [0.15, 0.2) is 18.3 Å². The van der Waals surface area contributed by atoms with Crippen molar-refractivity contribution in [2.75, 3.05) is 11.4 Å². The van der Waals surface area contributed by atoms with E-state index in [9.17, 15) is 9.90 Å². The number of aliphatic hydroxyl groups is 1. The zero-order valence-electron chi connectivity index (χ0n) is 11.5. The number of ether oxygens (including phenoxy) is 1. The summed E-state index contributed by atoms with van der Waals surface area (Å²) in [5.74, 6) is -0.616. The highest BCUT2D eigenvalue weighted by atomic mass is 16.6. The quantitative estimate of drug-likeness (QED) is 0.819. The molecule has 0 spiro atoms. The molecule has 1 radical (unpaired) electrons. The van der Waals surface area contributed by atoms with Crippen molar-refractivity contribution in [3.63, 3.8) is 0 Å². The van der Waals surface area contributed by atoms with Crippen LogP contribution in [-0.4, -0.2) is 33.9 Å². The van der Waals surface area contributed by atoms with E-state index in [1.807, 2.05) is 0 Å². The molecule has 1 fully saturated rings. The van der Waals surface area contributed by atoms with Crippen molar-refractivity contribution in [3.05, 3.63) is 24.5 Å². The Kier molecular flexibility index (Phi) is 3.49. The van der Waals surface area contributed by atoms with Gasteiger partial charge in [0.1, 0.15) is 11.8 Å². The molecule has 0 aliphatic carbocycles. The van der Waals surface area contributed by atoms with E-state index >= 15 is 0 Å². The maximum absolute atomic E-state index is 12.2. The summed E-state index contributed by atoms with van der Waals surface area (Å²) in [6.45, 7) is 5.93. The van der Waals surface area contributed by atoms with E-state index < -0.39 is 17.3 Å². The zero-order valence-corrected chi connectivity index (χ0v) is 11.5. The lowest BCUT2D eigenvalue weighted by Gasteiger charge is -2.34. The van der Waals surface area contributed by atoms with E-state index in [0.717, 1.165) is 6.42 Å². The standard InChI is InChI=1S/C14H19N2O3/c1-13(2,3)19-12(17)14(18)7-5-9-16(14)11-6-4-8-15-10-11/h4,6,8,18H,5,7,9H2,1-3H3. The van der Waals surface area contributed by atoms with Crippen LogP contribution in [0, 0.1) is 6.20 Å². The molecule has 2 rings (SSSR count). The van der Waals surface area contributed by atoms with Crippen molar-refractivity contribution in [3.8, 4) is 0 Å². The highest BCUT2D eigenvalue weighted by Gasteiger charge is 2.48. The molecule has 1 unspecified atom stereocenters. The second kappa shape index (κ2) is 4.81. The molecule has 1 saturated heterocycles. The lowest BCUT2D eigenvalue weighted by molar-refractivity contribution is -0.176. The molecule has 1 N–H and O–H groups in total. The second-order valence-corrected chi connectivity index (χ2v) is 5.71. The van der Waals surface area contributed by atoms with E-state index in [1.165, 1.54) is 0 Å². The summed E-state index contributed by atoms with van der Waals surface area (Å²) in [6.07, 6.45) is 5.47. The van der Waals surface area contributed by atoms with Gasteiger partial charge < -0.3 is 14.7 Å². The van der Waals surface area contributed by atoms with Crippen LogP contribution < -0.4 is 4.90 Å². The Morgan fingerprint density at radius 3 is 2.89 bits per heavy atom. The number of pyridine rings is 1. The molecule has 0 bridgehead atoms. The zero-order chi connectivity index (χ0) is 14.1. The highest BCUT2D eigenvalue weighted by molar-refractivity contribution is 5.84. The van der Waals surface area contributed by atoms with E-state index in [1.54, 1.807) is 44.0 Å². The summed E-state index contributed by atoms with van der Waals surface area (Å²) in [4.78, 5) is 17.7. The highest BCUT2D eigenvalue weighted by Crippen LogP contribution is 2.33. The monoisotopic (exact) mass is 263 g/mol. The Labute approximate surface area is 113 Å². The molecule has 0 saturated carbocycles. The number of carbonyl (C=O) groups is 1. The topological polar surface area (TPSA) is 62.7 Å². The van der Waals surface area contributed by atoms with Gasteiger partial charge in [0.2, 0.25) is 5.72 Å². The Bertz CT molecular complexity index is 456. The molecule has 2 heterocycles. The minimum absolute atomic E-state index is 0.352. The molecule has 1 aliphatic heterocycles. The smallest absolute Gasteiger partial charge is 0.360 e. The number of aromatic nitrogens is 1. The van der Waals surface area contributed by atoms with Crippen molar-refractivity contribution in [1.29, 1.82) is 0 Å². The number of carbonyl (C=O) groups excluding carboxylic acids is 1. The second-order valence-electron chi connectivity index (χ2n) is 5.71. The molecule has 1 aromatic heterocycles. The van der Waals surface area contributed by atoms with Gasteiger partial charge in [-0.15, -0.1) is 0 Å². The van der Waals surface area contributed by atoms with Gasteiger partial charge in [-0.1, -0.05) is 0 Å². The number of rotatable bonds is 2. The van der Waals surface area contributed by atoms with Crippen LogP contribution in [0.3, 0.4) is 0 Å². The molecule has 5 heteroatoms. The van der Waals surface area contributed by atoms with Gasteiger partial charge in [0, 0.05) is 19.2 Å². The van der Waals surface area contributed by atoms with Gasteiger partial charge in [-0.2, -0.15) is 0 Å². The minimum Gasteiger partial charge on any atom is -0.456 e. The molecule has 1 aromatic rings. The fraction of sp³-hybridized carbons (Fsp3) is 0.571. The first-order chi connectivity index (χ1) is 8.83. The van der Waals surface area contributed by atoms with Gasteiger partial charge in [0.05, 0.1) is 5.69 Å². The Morgan fingerprint density at radius 2 is 2.32 bits per heavy atom. The number of nitrogens with zero attached hydrogens (tertiary/aromatic N) is 2. The maximum Gasteiger partial charge on any atom is 0.360 e. The van der Waals surface area contributed by atoms with E-state index in [-0.39, 0.29) is 0 Å². The van der Waals surface area contributed by atoms with Crippen LogP contribution in [0.4, 0.5) is 5.69 Å². The predicted molar refractivity (Wildman–Crippen MR) is 70.4 cm³/mol. The lowest BCUT2D eigenvalue weighted by atomic mass is 10.1. The molecular formula is C14H19N2O3. The molecule has 1 aliphatic rings. The molecule has 0 amide bonds. The summed E-state index contributed by atoms with van der Waals surface area (Å²) >= 11 is 0. The molecule has 1 atom stereocenters. The fourth-order valence-corrected chi connectivity index (χ4v) is 2.16. The van der Waals surface area contributed by atoms with Crippen LogP contribution in [0.2, 0.25) is 0 Å². The van der Waals surface area contributed by atoms with E-state index in [2.05, 4.69) is 11.2 Å². The normalized spacial score (nSPS) is 23.5. The summed E-state index contributed by atoms with van der Waals surface area (Å²) in [6, 6.07) is 3.52. The van der Waals surface area contributed by atoms with Crippen LogP contribution >= 0.6 is 0 Å². The average Bonchev–Trinajstić information content (AvgIpc) is 2.72. The van der Waals surface area contributed by atoms with Crippen molar-refractivity contribution < 1.29 is 14.6 Å². The van der Waals surface area contributed by atoms with E-state index in [0.29, 0.717) is 18.7 Å². The summed E-state index contributed by atoms with van der Waals surface area (Å²) in [5.41, 5.74) is -1.64. The Hall–Kier alpha value is -1.62. The van der Waals surface area contributed by atoms with Crippen LogP contribution in [0.1, 0.15) is 33.6 Å². The van der Waals surface area contributed by atoms with Crippen LogP contribution in [0.25, 0.3) is 0 Å². The van der Waals surface area contributed by atoms with Crippen molar-refractivity contribution in [1.82, 2.24) is 4.98 Å². The Morgan fingerprint density at radius 1 is 1.58 bits per heavy atom. The third-order valence-electron chi connectivity index (χ3n) is 2.96. The van der Waals surface area contributed by atoms with Gasteiger partial charge in [-0.05, 0) is 39.3 Å². The minimum atomic E-state index is -1.62. The number of hydrogen-bond donors (Lipinski definition) is 1. The van der Waals surface area contributed by atoms with E-state index in [4.69, 9.17) is 4.74 Å².